The lowest BCUT2D eigenvalue weighted by Gasteiger charge is -2.09. The standard InChI is InChI=1S/C18H17N3O7/c1-2-27-18(24)12-7-11(8-14(9-12)21(25)26)17(23)20-13-3-5-15(6-4-13)28-10-16(19)22/h3-9H,2,10H2,1H3,(H2,19,22)(H,20,23). The Morgan fingerprint density at radius 3 is 2.32 bits per heavy atom. The van der Waals surface area contributed by atoms with Gasteiger partial charge in [0.2, 0.25) is 0 Å². The molecule has 28 heavy (non-hydrogen) atoms. The van der Waals surface area contributed by atoms with Crippen molar-refractivity contribution in [3.63, 3.8) is 0 Å². The number of hydrogen-bond donors (Lipinski definition) is 2. The minimum Gasteiger partial charge on any atom is -0.484 e. The molecular weight excluding hydrogens is 370 g/mol. The summed E-state index contributed by atoms with van der Waals surface area (Å²) in [5, 5.41) is 13.6. The van der Waals surface area contributed by atoms with Gasteiger partial charge in [0.1, 0.15) is 5.75 Å². The predicted molar refractivity (Wildman–Crippen MR) is 98.1 cm³/mol. The van der Waals surface area contributed by atoms with Crippen LogP contribution in [0.1, 0.15) is 27.6 Å². The number of rotatable bonds is 8. The summed E-state index contributed by atoms with van der Waals surface area (Å²) >= 11 is 0. The number of amides is 2. The summed E-state index contributed by atoms with van der Waals surface area (Å²) in [6.07, 6.45) is 0. The Morgan fingerprint density at radius 1 is 1.11 bits per heavy atom. The van der Waals surface area contributed by atoms with Gasteiger partial charge in [-0.2, -0.15) is 0 Å². The number of anilines is 1. The van der Waals surface area contributed by atoms with Crippen LogP contribution in [0.2, 0.25) is 0 Å². The van der Waals surface area contributed by atoms with Crippen molar-refractivity contribution in [1.29, 1.82) is 0 Å². The minimum absolute atomic E-state index is 0.0775. The monoisotopic (exact) mass is 387 g/mol. The molecule has 0 aromatic heterocycles. The van der Waals surface area contributed by atoms with Gasteiger partial charge in [0.15, 0.2) is 6.61 Å². The molecule has 3 N–H and O–H groups in total. The van der Waals surface area contributed by atoms with Gasteiger partial charge in [0, 0.05) is 23.4 Å². The van der Waals surface area contributed by atoms with E-state index < -0.39 is 28.4 Å². The van der Waals surface area contributed by atoms with E-state index in [1.165, 1.54) is 30.3 Å². The fourth-order valence-corrected chi connectivity index (χ4v) is 2.17. The van der Waals surface area contributed by atoms with Gasteiger partial charge in [-0.25, -0.2) is 4.79 Å². The molecule has 0 unspecified atom stereocenters. The minimum atomic E-state index is -0.767. The number of esters is 1. The first-order chi connectivity index (χ1) is 13.3. The Bertz CT molecular complexity index is 910. The Hall–Kier alpha value is -3.95. The maximum Gasteiger partial charge on any atom is 0.338 e. The maximum absolute atomic E-state index is 12.4. The van der Waals surface area contributed by atoms with Gasteiger partial charge in [-0.1, -0.05) is 0 Å². The van der Waals surface area contributed by atoms with E-state index in [9.17, 15) is 24.5 Å². The van der Waals surface area contributed by atoms with Gasteiger partial charge in [0.05, 0.1) is 17.1 Å². The first kappa shape index (κ1) is 20.4. The van der Waals surface area contributed by atoms with Crippen LogP contribution >= 0.6 is 0 Å². The highest BCUT2D eigenvalue weighted by Crippen LogP contribution is 2.21. The molecule has 0 aliphatic rings. The molecule has 0 heterocycles. The van der Waals surface area contributed by atoms with E-state index in [1.807, 2.05) is 0 Å². The molecule has 0 aliphatic heterocycles. The smallest absolute Gasteiger partial charge is 0.338 e. The van der Waals surface area contributed by atoms with Crippen LogP contribution in [0.15, 0.2) is 42.5 Å². The molecule has 146 valence electrons. The summed E-state index contributed by atoms with van der Waals surface area (Å²) in [4.78, 5) is 45.4. The summed E-state index contributed by atoms with van der Waals surface area (Å²) in [5.74, 6) is -1.67. The largest absolute Gasteiger partial charge is 0.484 e. The average Bonchev–Trinajstić information content (AvgIpc) is 2.67. The van der Waals surface area contributed by atoms with E-state index in [2.05, 4.69) is 5.32 Å². The lowest BCUT2D eigenvalue weighted by Crippen LogP contribution is -2.20. The molecule has 0 fully saturated rings. The molecule has 0 saturated carbocycles. The molecule has 0 spiro atoms. The summed E-state index contributed by atoms with van der Waals surface area (Å²) < 4.78 is 9.93. The highest BCUT2D eigenvalue weighted by atomic mass is 16.6. The van der Waals surface area contributed by atoms with E-state index in [0.717, 1.165) is 12.1 Å². The molecule has 0 radical (unpaired) electrons. The average molecular weight is 387 g/mol. The first-order valence-corrected chi connectivity index (χ1v) is 8.09. The van der Waals surface area contributed by atoms with Crippen molar-refractivity contribution < 1.29 is 28.8 Å². The number of ether oxygens (including phenoxy) is 2. The van der Waals surface area contributed by atoms with Gasteiger partial charge in [-0.15, -0.1) is 0 Å². The molecule has 2 aromatic rings. The van der Waals surface area contributed by atoms with Crippen molar-refractivity contribution >= 4 is 29.2 Å². The van der Waals surface area contributed by atoms with Crippen molar-refractivity contribution in [1.82, 2.24) is 0 Å². The van der Waals surface area contributed by atoms with Crippen LogP contribution in [-0.2, 0) is 9.53 Å². The molecule has 2 aromatic carbocycles. The Balaban J connectivity index is 2.19. The lowest BCUT2D eigenvalue weighted by molar-refractivity contribution is -0.384. The Labute approximate surface area is 159 Å². The summed E-state index contributed by atoms with van der Waals surface area (Å²) in [7, 11) is 0. The van der Waals surface area contributed by atoms with Crippen LogP contribution in [0.25, 0.3) is 0 Å². The zero-order chi connectivity index (χ0) is 20.7. The number of carbonyl (C=O) groups excluding carboxylic acids is 3. The van der Waals surface area contributed by atoms with E-state index in [1.54, 1.807) is 6.92 Å². The molecule has 10 nitrogen and oxygen atoms in total. The molecule has 0 aliphatic carbocycles. The highest BCUT2D eigenvalue weighted by Gasteiger charge is 2.19. The van der Waals surface area contributed by atoms with E-state index in [-0.39, 0.29) is 24.3 Å². The topological polar surface area (TPSA) is 151 Å². The fraction of sp³-hybridized carbons (Fsp3) is 0.167. The summed E-state index contributed by atoms with van der Waals surface area (Å²) in [6, 6.07) is 9.36. The third-order valence-corrected chi connectivity index (χ3v) is 3.40. The molecule has 2 rings (SSSR count). The van der Waals surface area contributed by atoms with Crippen LogP contribution in [-0.4, -0.2) is 35.9 Å². The van der Waals surface area contributed by atoms with Crippen LogP contribution < -0.4 is 15.8 Å². The highest BCUT2D eigenvalue weighted by molar-refractivity contribution is 6.06. The van der Waals surface area contributed by atoms with Crippen LogP contribution in [0.3, 0.4) is 0 Å². The van der Waals surface area contributed by atoms with Crippen molar-refractivity contribution in [2.75, 3.05) is 18.5 Å². The predicted octanol–water partition coefficient (Wildman–Crippen LogP) is 1.89. The second-order valence-corrected chi connectivity index (χ2v) is 5.48. The third-order valence-electron chi connectivity index (χ3n) is 3.40. The number of nitrogens with one attached hydrogen (secondary N) is 1. The van der Waals surface area contributed by atoms with Crippen LogP contribution in [0, 0.1) is 10.1 Å². The van der Waals surface area contributed by atoms with Crippen LogP contribution in [0.5, 0.6) is 5.75 Å². The normalized spacial score (nSPS) is 10.0. The number of primary amides is 1. The molecule has 0 bridgehead atoms. The number of nitro groups is 1. The summed E-state index contributed by atoms with van der Waals surface area (Å²) in [6.45, 7) is 1.41. The van der Waals surface area contributed by atoms with Crippen molar-refractivity contribution in [2.45, 2.75) is 6.92 Å². The van der Waals surface area contributed by atoms with Gasteiger partial charge in [-0.05, 0) is 37.3 Å². The SMILES string of the molecule is CCOC(=O)c1cc(C(=O)Nc2ccc(OCC(N)=O)cc2)cc([N+](=O)[O-])c1. The molecule has 2 amide bonds. The molecule has 0 atom stereocenters. The van der Waals surface area contributed by atoms with Gasteiger partial charge in [-0.3, -0.25) is 19.7 Å². The molecular formula is C18H17N3O7. The Morgan fingerprint density at radius 2 is 1.75 bits per heavy atom. The maximum atomic E-state index is 12.4. The zero-order valence-electron chi connectivity index (χ0n) is 14.8. The third kappa shape index (κ3) is 5.53. The number of nitrogens with zero attached hydrogens (tertiary/aromatic N) is 1. The first-order valence-electron chi connectivity index (χ1n) is 8.09. The van der Waals surface area contributed by atoms with Gasteiger partial charge in [0.25, 0.3) is 17.5 Å². The Kier molecular flexibility index (Phi) is 6.63. The van der Waals surface area contributed by atoms with Crippen molar-refractivity contribution in [3.05, 3.63) is 63.7 Å². The number of non-ortho nitro benzene ring substituents is 1. The van der Waals surface area contributed by atoms with E-state index in [0.29, 0.717) is 11.4 Å². The second kappa shape index (κ2) is 9.12. The van der Waals surface area contributed by atoms with E-state index in [4.69, 9.17) is 15.2 Å². The van der Waals surface area contributed by atoms with Crippen LogP contribution in [0.4, 0.5) is 11.4 Å². The number of nitrogens with two attached hydrogens (primary N) is 1. The van der Waals surface area contributed by atoms with Crippen molar-refractivity contribution in [2.24, 2.45) is 5.73 Å². The van der Waals surface area contributed by atoms with E-state index >= 15 is 0 Å². The number of nitro benzene ring substituents is 1. The molecule has 10 heteroatoms. The lowest BCUT2D eigenvalue weighted by atomic mass is 10.1. The fourth-order valence-electron chi connectivity index (χ4n) is 2.17. The van der Waals surface area contributed by atoms with Crippen molar-refractivity contribution in [3.8, 4) is 5.75 Å². The number of benzene rings is 2. The quantitative estimate of drug-likeness (QED) is 0.399. The summed E-state index contributed by atoms with van der Waals surface area (Å²) in [5.41, 5.74) is 4.77. The molecule has 0 saturated heterocycles. The zero-order valence-corrected chi connectivity index (χ0v) is 14.8. The van der Waals surface area contributed by atoms with Gasteiger partial charge >= 0.3 is 5.97 Å². The number of carbonyl (C=O) groups is 3. The second-order valence-electron chi connectivity index (χ2n) is 5.48. The number of hydrogen-bond acceptors (Lipinski definition) is 7. The van der Waals surface area contributed by atoms with Gasteiger partial charge < -0.3 is 20.5 Å².